The topological polar surface area (TPSA) is 43.4 Å². The number of aryl methyl sites for hydroxylation is 1. The Balaban J connectivity index is 1.48. The average molecular weight is 290 g/mol. The first-order chi connectivity index (χ1) is 9.81. The molecule has 0 radical (unpaired) electrons. The molecule has 0 atom stereocenters. The lowest BCUT2D eigenvalue weighted by Gasteiger charge is -2.18. The standard InChI is InChI=1S/C15H18N2O2S/c1-11-10-20-15(17-11)9-16-5-4-12-2-3-13-14(8-12)19-7-6-18-13/h2-3,8,10,16H,4-7,9H2,1H3. The zero-order valence-corrected chi connectivity index (χ0v) is 12.3. The average Bonchev–Trinajstić information content (AvgIpc) is 2.89. The molecule has 0 fully saturated rings. The van der Waals surface area contributed by atoms with E-state index in [1.54, 1.807) is 11.3 Å². The molecule has 0 spiro atoms. The van der Waals surface area contributed by atoms with E-state index in [1.807, 2.05) is 13.0 Å². The van der Waals surface area contributed by atoms with Crippen LogP contribution >= 0.6 is 11.3 Å². The highest BCUT2D eigenvalue weighted by Gasteiger charge is 2.11. The fourth-order valence-electron chi connectivity index (χ4n) is 2.16. The van der Waals surface area contributed by atoms with E-state index in [-0.39, 0.29) is 0 Å². The summed E-state index contributed by atoms with van der Waals surface area (Å²) in [5, 5.41) is 6.64. The van der Waals surface area contributed by atoms with E-state index >= 15 is 0 Å². The first-order valence-corrected chi connectivity index (χ1v) is 7.69. The lowest BCUT2D eigenvalue weighted by Crippen LogP contribution is -2.17. The van der Waals surface area contributed by atoms with Gasteiger partial charge in [-0.05, 0) is 37.6 Å². The van der Waals surface area contributed by atoms with Gasteiger partial charge in [-0.25, -0.2) is 4.98 Å². The molecule has 0 aliphatic carbocycles. The molecule has 2 heterocycles. The highest BCUT2D eigenvalue weighted by molar-refractivity contribution is 7.09. The third-order valence-corrected chi connectivity index (χ3v) is 4.11. The third kappa shape index (κ3) is 3.29. The molecule has 1 aromatic carbocycles. The molecule has 0 amide bonds. The van der Waals surface area contributed by atoms with E-state index in [9.17, 15) is 0 Å². The van der Waals surface area contributed by atoms with Gasteiger partial charge in [-0.1, -0.05) is 6.07 Å². The molecule has 106 valence electrons. The number of ether oxygens (including phenoxy) is 2. The van der Waals surface area contributed by atoms with Crippen molar-refractivity contribution in [3.63, 3.8) is 0 Å². The van der Waals surface area contributed by atoms with Gasteiger partial charge in [0.1, 0.15) is 18.2 Å². The Kier molecular flexibility index (Phi) is 4.18. The van der Waals surface area contributed by atoms with Crippen molar-refractivity contribution in [1.29, 1.82) is 0 Å². The van der Waals surface area contributed by atoms with Crippen LogP contribution in [0.3, 0.4) is 0 Å². The Morgan fingerprint density at radius 1 is 1.25 bits per heavy atom. The lowest BCUT2D eigenvalue weighted by molar-refractivity contribution is 0.171. The highest BCUT2D eigenvalue weighted by Crippen LogP contribution is 2.30. The number of hydrogen-bond acceptors (Lipinski definition) is 5. The van der Waals surface area contributed by atoms with Crippen LogP contribution in [0.1, 0.15) is 16.3 Å². The number of nitrogens with zero attached hydrogens (tertiary/aromatic N) is 1. The molecule has 3 rings (SSSR count). The lowest BCUT2D eigenvalue weighted by atomic mass is 10.1. The maximum Gasteiger partial charge on any atom is 0.161 e. The Morgan fingerprint density at radius 2 is 2.10 bits per heavy atom. The molecular formula is C15H18N2O2S. The predicted octanol–water partition coefficient (Wildman–Crippen LogP) is 2.56. The summed E-state index contributed by atoms with van der Waals surface area (Å²) < 4.78 is 11.1. The molecule has 0 saturated carbocycles. The van der Waals surface area contributed by atoms with Gasteiger partial charge in [-0.2, -0.15) is 0 Å². The van der Waals surface area contributed by atoms with Crippen molar-refractivity contribution in [2.75, 3.05) is 19.8 Å². The maximum atomic E-state index is 5.59. The first-order valence-electron chi connectivity index (χ1n) is 6.81. The minimum Gasteiger partial charge on any atom is -0.486 e. The van der Waals surface area contributed by atoms with Crippen LogP contribution in [0.2, 0.25) is 0 Å². The Hall–Kier alpha value is -1.59. The summed E-state index contributed by atoms with van der Waals surface area (Å²) in [4.78, 5) is 4.43. The maximum absolute atomic E-state index is 5.59. The fraction of sp³-hybridized carbons (Fsp3) is 0.400. The highest BCUT2D eigenvalue weighted by atomic mass is 32.1. The van der Waals surface area contributed by atoms with Crippen molar-refractivity contribution >= 4 is 11.3 Å². The van der Waals surface area contributed by atoms with Crippen molar-refractivity contribution < 1.29 is 9.47 Å². The normalized spacial score (nSPS) is 13.4. The van der Waals surface area contributed by atoms with Crippen LogP contribution in [0.25, 0.3) is 0 Å². The van der Waals surface area contributed by atoms with Gasteiger partial charge in [0.15, 0.2) is 11.5 Å². The van der Waals surface area contributed by atoms with E-state index in [2.05, 4.69) is 27.8 Å². The zero-order chi connectivity index (χ0) is 13.8. The predicted molar refractivity (Wildman–Crippen MR) is 79.7 cm³/mol. The molecule has 5 heteroatoms. The molecule has 0 saturated heterocycles. The zero-order valence-electron chi connectivity index (χ0n) is 11.5. The monoisotopic (exact) mass is 290 g/mol. The van der Waals surface area contributed by atoms with Gasteiger partial charge in [0.25, 0.3) is 0 Å². The molecule has 2 aromatic rings. The van der Waals surface area contributed by atoms with Gasteiger partial charge in [0.2, 0.25) is 0 Å². The fourth-order valence-corrected chi connectivity index (χ4v) is 2.90. The second kappa shape index (κ2) is 6.24. The van der Waals surface area contributed by atoms with Gasteiger partial charge >= 0.3 is 0 Å². The second-order valence-corrected chi connectivity index (χ2v) is 5.73. The van der Waals surface area contributed by atoms with Crippen LogP contribution in [0.15, 0.2) is 23.6 Å². The van der Waals surface area contributed by atoms with Crippen molar-refractivity contribution in [2.45, 2.75) is 19.9 Å². The summed E-state index contributed by atoms with van der Waals surface area (Å²) in [6, 6.07) is 6.17. The summed E-state index contributed by atoms with van der Waals surface area (Å²) in [5.74, 6) is 1.72. The van der Waals surface area contributed by atoms with Crippen molar-refractivity contribution in [1.82, 2.24) is 10.3 Å². The largest absolute Gasteiger partial charge is 0.486 e. The number of hydrogen-bond donors (Lipinski definition) is 1. The third-order valence-electron chi connectivity index (χ3n) is 3.14. The number of aromatic nitrogens is 1. The summed E-state index contributed by atoms with van der Waals surface area (Å²) in [6.07, 6.45) is 0.973. The van der Waals surface area contributed by atoms with E-state index in [1.165, 1.54) is 5.56 Å². The van der Waals surface area contributed by atoms with E-state index in [0.29, 0.717) is 13.2 Å². The SMILES string of the molecule is Cc1csc(CNCCc2ccc3c(c2)OCCO3)n1. The molecule has 1 N–H and O–H groups in total. The summed E-state index contributed by atoms with van der Waals surface area (Å²) >= 11 is 1.70. The molecule has 1 aliphatic heterocycles. The summed E-state index contributed by atoms with van der Waals surface area (Å²) in [5.41, 5.74) is 2.36. The number of rotatable bonds is 5. The molecular weight excluding hydrogens is 272 g/mol. The molecule has 1 aliphatic rings. The number of fused-ring (bicyclic) bond motifs is 1. The minimum atomic E-state index is 0.637. The van der Waals surface area contributed by atoms with Crippen LogP contribution < -0.4 is 14.8 Å². The van der Waals surface area contributed by atoms with E-state index in [4.69, 9.17) is 9.47 Å². The number of nitrogens with one attached hydrogen (secondary N) is 1. The van der Waals surface area contributed by atoms with Crippen LogP contribution in [-0.4, -0.2) is 24.7 Å². The van der Waals surface area contributed by atoms with Crippen LogP contribution in [-0.2, 0) is 13.0 Å². The van der Waals surface area contributed by atoms with Gasteiger partial charge in [0.05, 0.1) is 0 Å². The molecule has 0 bridgehead atoms. The van der Waals surface area contributed by atoms with Crippen LogP contribution in [0.4, 0.5) is 0 Å². The van der Waals surface area contributed by atoms with Crippen molar-refractivity contribution in [3.8, 4) is 11.5 Å². The van der Waals surface area contributed by atoms with Crippen molar-refractivity contribution in [3.05, 3.63) is 39.8 Å². The second-order valence-electron chi connectivity index (χ2n) is 4.79. The Morgan fingerprint density at radius 3 is 2.90 bits per heavy atom. The van der Waals surface area contributed by atoms with Crippen LogP contribution in [0, 0.1) is 6.92 Å². The van der Waals surface area contributed by atoms with E-state index < -0.39 is 0 Å². The van der Waals surface area contributed by atoms with Gasteiger partial charge in [0, 0.05) is 17.6 Å². The minimum absolute atomic E-state index is 0.637. The Labute approximate surface area is 122 Å². The first kappa shape index (κ1) is 13.4. The van der Waals surface area contributed by atoms with Crippen LogP contribution in [0.5, 0.6) is 11.5 Å². The molecule has 4 nitrogen and oxygen atoms in total. The van der Waals surface area contributed by atoms with E-state index in [0.717, 1.165) is 41.7 Å². The van der Waals surface area contributed by atoms with Gasteiger partial charge < -0.3 is 14.8 Å². The quantitative estimate of drug-likeness (QED) is 0.860. The molecule has 1 aromatic heterocycles. The number of thiazole rings is 1. The smallest absolute Gasteiger partial charge is 0.161 e. The van der Waals surface area contributed by atoms with Crippen molar-refractivity contribution in [2.24, 2.45) is 0 Å². The summed E-state index contributed by atoms with van der Waals surface area (Å²) in [7, 11) is 0. The Bertz CT molecular complexity index is 583. The van der Waals surface area contributed by atoms with Gasteiger partial charge in [-0.3, -0.25) is 0 Å². The molecule has 0 unspecified atom stereocenters. The summed E-state index contributed by atoms with van der Waals surface area (Å²) in [6.45, 7) is 5.07. The molecule has 20 heavy (non-hydrogen) atoms. The van der Waals surface area contributed by atoms with Gasteiger partial charge in [-0.15, -0.1) is 11.3 Å². The number of benzene rings is 1.